The minimum atomic E-state index is -0.260. The molecule has 0 unspecified atom stereocenters. The zero-order valence-electron chi connectivity index (χ0n) is 17.4. The van der Waals surface area contributed by atoms with Crippen LogP contribution in [0.4, 0.5) is 0 Å². The molecule has 6 nitrogen and oxygen atoms in total. The maximum absolute atomic E-state index is 12.5. The highest BCUT2D eigenvalue weighted by atomic mass is 16.6. The third kappa shape index (κ3) is 5.08. The van der Waals surface area contributed by atoms with Crippen LogP contribution in [-0.2, 0) is 4.79 Å². The van der Waals surface area contributed by atoms with Crippen LogP contribution in [0.3, 0.4) is 0 Å². The number of carbonyl (C=O) groups excluding carboxylic acids is 2. The SMILES string of the molecule is Cc1ccc(C(=O)NCC(=O)N[C@@H](c2ccc3c(c2)OCCO3)C(C)C)cc1C. The molecule has 1 heterocycles. The van der Waals surface area contributed by atoms with Gasteiger partial charge in [0.2, 0.25) is 5.91 Å². The van der Waals surface area contributed by atoms with Gasteiger partial charge in [-0.2, -0.15) is 0 Å². The quantitative estimate of drug-likeness (QED) is 0.785. The summed E-state index contributed by atoms with van der Waals surface area (Å²) in [5.74, 6) is 1.07. The molecule has 2 N–H and O–H groups in total. The van der Waals surface area contributed by atoms with Crippen molar-refractivity contribution < 1.29 is 19.1 Å². The Balaban J connectivity index is 1.62. The van der Waals surface area contributed by atoms with E-state index in [4.69, 9.17) is 9.47 Å². The lowest BCUT2D eigenvalue weighted by Gasteiger charge is -2.25. The number of fused-ring (bicyclic) bond motifs is 1. The van der Waals surface area contributed by atoms with Crippen molar-refractivity contribution in [1.29, 1.82) is 0 Å². The van der Waals surface area contributed by atoms with Crippen molar-refractivity contribution in [2.45, 2.75) is 33.7 Å². The van der Waals surface area contributed by atoms with Crippen molar-refractivity contribution in [3.63, 3.8) is 0 Å². The van der Waals surface area contributed by atoms with Gasteiger partial charge >= 0.3 is 0 Å². The number of aryl methyl sites for hydroxylation is 2. The van der Waals surface area contributed by atoms with E-state index in [2.05, 4.69) is 10.6 Å². The van der Waals surface area contributed by atoms with Gasteiger partial charge in [0, 0.05) is 5.56 Å². The molecule has 0 spiro atoms. The molecule has 1 aliphatic rings. The molecule has 2 aromatic carbocycles. The molecule has 3 rings (SSSR count). The lowest BCUT2D eigenvalue weighted by Crippen LogP contribution is -2.40. The van der Waals surface area contributed by atoms with Crippen LogP contribution in [-0.4, -0.2) is 31.6 Å². The van der Waals surface area contributed by atoms with Gasteiger partial charge in [-0.15, -0.1) is 0 Å². The molecule has 2 aromatic rings. The third-order valence-electron chi connectivity index (χ3n) is 5.09. The predicted molar refractivity (Wildman–Crippen MR) is 111 cm³/mol. The van der Waals surface area contributed by atoms with Crippen LogP contribution in [0.2, 0.25) is 0 Å². The largest absolute Gasteiger partial charge is 0.486 e. The maximum Gasteiger partial charge on any atom is 0.251 e. The number of rotatable bonds is 6. The molecule has 1 aliphatic heterocycles. The van der Waals surface area contributed by atoms with Crippen molar-refractivity contribution in [3.8, 4) is 11.5 Å². The molecule has 0 saturated carbocycles. The Labute approximate surface area is 171 Å². The van der Waals surface area contributed by atoms with Crippen molar-refractivity contribution >= 4 is 11.8 Å². The van der Waals surface area contributed by atoms with Crippen molar-refractivity contribution in [1.82, 2.24) is 10.6 Å². The smallest absolute Gasteiger partial charge is 0.251 e. The molecule has 0 fully saturated rings. The lowest BCUT2D eigenvalue weighted by molar-refractivity contribution is -0.121. The van der Waals surface area contributed by atoms with Gasteiger partial charge in [0.15, 0.2) is 11.5 Å². The Morgan fingerprint density at radius 3 is 2.38 bits per heavy atom. The van der Waals surface area contributed by atoms with Gasteiger partial charge in [-0.3, -0.25) is 9.59 Å². The van der Waals surface area contributed by atoms with Gasteiger partial charge in [0.25, 0.3) is 5.91 Å². The number of nitrogens with one attached hydrogen (secondary N) is 2. The van der Waals surface area contributed by atoms with Gasteiger partial charge in [-0.05, 0) is 60.7 Å². The Morgan fingerprint density at radius 1 is 0.966 bits per heavy atom. The van der Waals surface area contributed by atoms with E-state index < -0.39 is 0 Å². The third-order valence-corrected chi connectivity index (χ3v) is 5.09. The average molecular weight is 396 g/mol. The van der Waals surface area contributed by atoms with Crippen molar-refractivity contribution in [2.75, 3.05) is 19.8 Å². The van der Waals surface area contributed by atoms with Gasteiger partial charge in [-0.25, -0.2) is 0 Å². The first-order valence-corrected chi connectivity index (χ1v) is 9.89. The van der Waals surface area contributed by atoms with Crippen LogP contribution in [0.25, 0.3) is 0 Å². The van der Waals surface area contributed by atoms with E-state index in [-0.39, 0.29) is 30.3 Å². The highest BCUT2D eigenvalue weighted by molar-refractivity contribution is 5.96. The zero-order chi connectivity index (χ0) is 21.0. The van der Waals surface area contributed by atoms with Crippen LogP contribution in [0.1, 0.15) is 46.9 Å². The summed E-state index contributed by atoms with van der Waals surface area (Å²) in [5, 5.41) is 5.71. The summed E-state index contributed by atoms with van der Waals surface area (Å²) < 4.78 is 11.2. The average Bonchev–Trinajstić information content (AvgIpc) is 2.71. The van der Waals surface area contributed by atoms with Crippen LogP contribution in [0.5, 0.6) is 11.5 Å². The molecular formula is C23H28N2O4. The van der Waals surface area contributed by atoms with E-state index in [0.29, 0.717) is 24.5 Å². The van der Waals surface area contributed by atoms with Gasteiger partial charge in [-0.1, -0.05) is 26.0 Å². The summed E-state index contributed by atoms with van der Waals surface area (Å²) in [6.45, 7) is 8.99. The fraction of sp³-hybridized carbons (Fsp3) is 0.391. The molecule has 0 bridgehead atoms. The molecule has 154 valence electrons. The van der Waals surface area contributed by atoms with E-state index in [1.165, 1.54) is 0 Å². The Hall–Kier alpha value is -3.02. The van der Waals surface area contributed by atoms with Gasteiger partial charge < -0.3 is 20.1 Å². The predicted octanol–water partition coefficient (Wildman–Crippen LogP) is 3.32. The molecule has 2 amide bonds. The molecular weight excluding hydrogens is 368 g/mol. The summed E-state index contributed by atoms with van der Waals surface area (Å²) >= 11 is 0. The molecule has 0 saturated heterocycles. The van der Waals surface area contributed by atoms with Crippen LogP contribution < -0.4 is 20.1 Å². The fourth-order valence-electron chi connectivity index (χ4n) is 3.26. The molecule has 29 heavy (non-hydrogen) atoms. The highest BCUT2D eigenvalue weighted by Gasteiger charge is 2.21. The lowest BCUT2D eigenvalue weighted by atomic mass is 9.95. The molecule has 0 aliphatic carbocycles. The number of hydrogen-bond acceptors (Lipinski definition) is 4. The Kier molecular flexibility index (Phi) is 6.42. The highest BCUT2D eigenvalue weighted by Crippen LogP contribution is 2.34. The normalized spacial score (nSPS) is 13.7. The summed E-state index contributed by atoms with van der Waals surface area (Å²) in [6, 6.07) is 11.0. The summed E-state index contributed by atoms with van der Waals surface area (Å²) in [5.41, 5.74) is 3.66. The molecule has 1 atom stereocenters. The monoisotopic (exact) mass is 396 g/mol. The minimum Gasteiger partial charge on any atom is -0.486 e. The van der Waals surface area contributed by atoms with E-state index in [9.17, 15) is 9.59 Å². The first-order chi connectivity index (χ1) is 13.8. The minimum absolute atomic E-state index is 0.0838. The number of carbonyl (C=O) groups is 2. The van der Waals surface area contributed by atoms with Gasteiger partial charge in [0.05, 0.1) is 12.6 Å². The van der Waals surface area contributed by atoms with E-state index in [0.717, 1.165) is 22.4 Å². The number of hydrogen-bond donors (Lipinski definition) is 2. The summed E-state index contributed by atoms with van der Waals surface area (Å²) in [4.78, 5) is 24.8. The second kappa shape index (κ2) is 8.99. The standard InChI is InChI=1S/C23H28N2O4/c1-14(2)22(17-7-8-19-20(12-17)29-10-9-28-19)25-21(26)13-24-23(27)18-6-5-15(3)16(4)11-18/h5-8,11-12,14,22H,9-10,13H2,1-4H3,(H,24,27)(H,25,26)/t22-/m1/s1. The van der Waals surface area contributed by atoms with Crippen LogP contribution in [0.15, 0.2) is 36.4 Å². The summed E-state index contributed by atoms with van der Waals surface area (Å²) in [6.07, 6.45) is 0. The van der Waals surface area contributed by atoms with Crippen molar-refractivity contribution in [3.05, 3.63) is 58.7 Å². The molecule has 0 radical (unpaired) electrons. The van der Waals surface area contributed by atoms with Crippen LogP contribution in [0, 0.1) is 19.8 Å². The molecule has 0 aromatic heterocycles. The second-order valence-corrected chi connectivity index (χ2v) is 7.67. The Morgan fingerprint density at radius 2 is 1.69 bits per heavy atom. The first-order valence-electron chi connectivity index (χ1n) is 9.89. The first kappa shape index (κ1) is 20.7. The Bertz CT molecular complexity index is 908. The number of ether oxygens (including phenoxy) is 2. The van der Waals surface area contributed by atoms with E-state index >= 15 is 0 Å². The fourth-order valence-corrected chi connectivity index (χ4v) is 3.26. The second-order valence-electron chi connectivity index (χ2n) is 7.67. The van der Waals surface area contributed by atoms with Crippen LogP contribution >= 0.6 is 0 Å². The topological polar surface area (TPSA) is 76.7 Å². The number of amides is 2. The van der Waals surface area contributed by atoms with E-state index in [1.54, 1.807) is 6.07 Å². The van der Waals surface area contributed by atoms with Crippen molar-refractivity contribution in [2.24, 2.45) is 5.92 Å². The van der Waals surface area contributed by atoms with Gasteiger partial charge in [0.1, 0.15) is 13.2 Å². The zero-order valence-corrected chi connectivity index (χ0v) is 17.4. The maximum atomic E-state index is 12.5. The van der Waals surface area contributed by atoms with E-state index in [1.807, 2.05) is 58.0 Å². The molecule has 6 heteroatoms. The number of benzene rings is 2. The summed E-state index contributed by atoms with van der Waals surface area (Å²) in [7, 11) is 0.